The number of hydrogen-bond acceptors (Lipinski definition) is 17. The van der Waals surface area contributed by atoms with Gasteiger partial charge in [0.15, 0.2) is 0 Å². The molecule has 0 spiro atoms. The summed E-state index contributed by atoms with van der Waals surface area (Å²) in [5.41, 5.74) is 22.9. The fraction of sp³-hybridized carbons (Fsp3) is 0.583. The third-order valence-corrected chi connectivity index (χ3v) is 15.9. The number of benzene rings is 2. The minimum absolute atomic E-state index is 0.0914. The van der Waals surface area contributed by atoms with Crippen LogP contribution in [0.3, 0.4) is 0 Å². The number of fused-ring (bicyclic) bond motifs is 2. The third-order valence-electron chi connectivity index (χ3n) is 15.9. The summed E-state index contributed by atoms with van der Waals surface area (Å²) < 4.78 is 12.1. The number of anilines is 1. The number of nitrogens with two attached hydrogens (primary N) is 3. The first-order valence-electron chi connectivity index (χ1n) is 29.0. The van der Waals surface area contributed by atoms with E-state index in [1.165, 1.54) is 12.8 Å². The number of ether oxygens (including phenoxy) is 2. The van der Waals surface area contributed by atoms with E-state index < -0.39 is 0 Å². The van der Waals surface area contributed by atoms with Gasteiger partial charge in [0.2, 0.25) is 18.2 Å². The number of carbonyl (C=O) groups is 2. The summed E-state index contributed by atoms with van der Waals surface area (Å²) in [7, 11) is 0. The molecule has 2 bridgehead atoms. The fourth-order valence-electron chi connectivity index (χ4n) is 11.1. The number of amidine groups is 1. The molecule has 2 aromatic carbocycles. The smallest absolute Gasteiger partial charge is 0.243 e. The van der Waals surface area contributed by atoms with E-state index in [1.807, 2.05) is 31.3 Å². The summed E-state index contributed by atoms with van der Waals surface area (Å²) in [5, 5.41) is 35.6. The second kappa shape index (κ2) is 30.0. The number of phenols is 1. The number of piperazine rings is 1. The Morgan fingerprint density at radius 2 is 1.59 bits per heavy atom. The number of nitrogens with one attached hydrogen (secondary N) is 1. The highest BCUT2D eigenvalue weighted by atomic mass is 16.6. The van der Waals surface area contributed by atoms with Crippen molar-refractivity contribution in [3.05, 3.63) is 101 Å². The lowest BCUT2D eigenvalue weighted by atomic mass is 9.96. The van der Waals surface area contributed by atoms with Gasteiger partial charge in [-0.25, -0.2) is 4.98 Å². The first kappa shape index (κ1) is 59.9. The van der Waals surface area contributed by atoms with Crippen molar-refractivity contribution in [2.75, 3.05) is 63.9 Å². The van der Waals surface area contributed by atoms with Gasteiger partial charge >= 0.3 is 0 Å². The molecule has 79 heavy (non-hydrogen) atoms. The van der Waals surface area contributed by atoms with Crippen molar-refractivity contribution in [1.82, 2.24) is 29.9 Å². The van der Waals surface area contributed by atoms with Crippen LogP contribution in [0.25, 0.3) is 5.70 Å². The third kappa shape index (κ3) is 16.9. The van der Waals surface area contributed by atoms with Gasteiger partial charge in [0.1, 0.15) is 35.7 Å². The SMILES string of the molecule is CC(NC(=O)C1CCCN1C=O)c1ccc(C#N)cc1.CCC.CCC1CC(N2CCC(OCCN3CCC(O)CC3)CC2)=NO1.NC(N)=C(/C=C(\N)c1ccccc1O)N1CC2CCC(C1)N2c1ccnc(OC2CCC2)c1. The molecule has 5 unspecified atom stereocenters. The van der Waals surface area contributed by atoms with Crippen LogP contribution in [-0.2, 0) is 19.2 Å². The summed E-state index contributed by atoms with van der Waals surface area (Å²) >= 11 is 0. The lowest BCUT2D eigenvalue weighted by molar-refractivity contribution is -0.131. The molecule has 9 N–H and O–H groups in total. The standard InChI is InChI=1S/C25H32N6O2.C17H31N3O3.C15H17N3O2.C3H8/c26-21(20-6-1-2-7-23(20)32)13-22(25(27)28)30-14-17-8-9-18(15-30)31(17)16-10-11-29-24(12-16)33-19-4-3-5-19;1-2-15-13-17(18-23-15)20-9-5-16(6-10-20)22-12-11-19-7-3-14(21)4-8-19;1-11(13-6-4-12(9-16)5-7-13)17-15(20)14-3-2-8-18(14)10-19;1-3-2/h1-2,6-7,10-13,17-19,32H,3-5,8-9,14-15,26-28H2;14-16,21H,2-13H2,1H3;4-7,10-11,14H,2-3,8H2,1H3,(H,17,20);3H2,1-2H3/b21-13-;;;. The van der Waals surface area contributed by atoms with E-state index in [0.717, 1.165) is 147 Å². The van der Waals surface area contributed by atoms with E-state index in [0.29, 0.717) is 65.7 Å². The Kier molecular flexibility index (Phi) is 22.8. The molecule has 0 radical (unpaired) electrons. The number of nitriles is 1. The van der Waals surface area contributed by atoms with Crippen molar-refractivity contribution in [2.45, 2.75) is 166 Å². The molecule has 1 aliphatic carbocycles. The molecular weight excluding hydrogens is 1000 g/mol. The van der Waals surface area contributed by atoms with E-state index in [2.05, 4.69) is 74.0 Å². The van der Waals surface area contributed by atoms with Gasteiger partial charge in [-0.15, -0.1) is 0 Å². The highest BCUT2D eigenvalue weighted by molar-refractivity contribution is 5.84. The summed E-state index contributed by atoms with van der Waals surface area (Å²) in [4.78, 5) is 43.9. The number of likely N-dealkylation sites (tertiary alicyclic amines) is 4. The molecule has 10 rings (SSSR count). The van der Waals surface area contributed by atoms with Crippen molar-refractivity contribution < 1.29 is 34.1 Å². The second-order valence-electron chi connectivity index (χ2n) is 21.8. The number of rotatable bonds is 15. The van der Waals surface area contributed by atoms with Crippen molar-refractivity contribution in [1.29, 1.82) is 5.26 Å². The monoisotopic (exact) mass is 1090 g/mol. The molecule has 7 heterocycles. The van der Waals surface area contributed by atoms with Gasteiger partial charge in [-0.2, -0.15) is 5.26 Å². The number of allylic oxidation sites excluding steroid dienone is 1. The predicted octanol–water partition coefficient (Wildman–Crippen LogP) is 6.67. The normalized spacial score (nSPS) is 22.7. The van der Waals surface area contributed by atoms with Crippen LogP contribution in [0.5, 0.6) is 11.6 Å². The minimum atomic E-state index is -0.353. The van der Waals surface area contributed by atoms with Crippen molar-refractivity contribution in [3.63, 3.8) is 0 Å². The second-order valence-corrected chi connectivity index (χ2v) is 21.8. The molecule has 5 saturated heterocycles. The molecule has 3 aromatic rings. The summed E-state index contributed by atoms with van der Waals surface area (Å²) in [6, 6.07) is 20.5. The molecule has 19 heteroatoms. The molecule has 2 amide bonds. The first-order chi connectivity index (χ1) is 38.3. The summed E-state index contributed by atoms with van der Waals surface area (Å²) in [5.74, 6) is 2.07. The number of piperidine rings is 2. The number of aromatic hydroxyl groups is 1. The van der Waals surface area contributed by atoms with E-state index in [-0.39, 0.29) is 41.8 Å². The first-order valence-corrected chi connectivity index (χ1v) is 29.0. The van der Waals surface area contributed by atoms with Gasteiger partial charge < -0.3 is 71.5 Å². The maximum Gasteiger partial charge on any atom is 0.243 e. The number of oxime groups is 1. The van der Waals surface area contributed by atoms with Gasteiger partial charge in [-0.1, -0.05) is 56.6 Å². The zero-order valence-electron chi connectivity index (χ0n) is 47.1. The molecule has 7 aliphatic rings. The van der Waals surface area contributed by atoms with Gasteiger partial charge in [0.05, 0.1) is 42.2 Å². The Hall–Kier alpha value is -6.75. The number of carbonyl (C=O) groups excluding carboxylic acids is 2. The fourth-order valence-corrected chi connectivity index (χ4v) is 11.1. The molecule has 430 valence electrons. The van der Waals surface area contributed by atoms with Gasteiger partial charge in [-0.3, -0.25) is 9.59 Å². The molecule has 6 aliphatic heterocycles. The van der Waals surface area contributed by atoms with Crippen molar-refractivity contribution in [3.8, 4) is 17.7 Å². The topological polar surface area (TPSA) is 258 Å². The Balaban J connectivity index is 0.000000174. The number of pyridine rings is 1. The van der Waals surface area contributed by atoms with E-state index in [1.54, 1.807) is 41.3 Å². The van der Waals surface area contributed by atoms with Crippen LogP contribution < -0.4 is 32.2 Å². The van der Waals surface area contributed by atoms with Crippen LogP contribution in [-0.4, -0.2) is 154 Å². The van der Waals surface area contributed by atoms with Crippen LogP contribution in [0.4, 0.5) is 5.69 Å². The molecule has 19 nitrogen and oxygen atoms in total. The Morgan fingerprint density at radius 1 is 0.899 bits per heavy atom. The maximum atomic E-state index is 12.2. The Morgan fingerprint density at radius 3 is 2.20 bits per heavy atom. The number of hydrogen-bond donors (Lipinski definition) is 6. The van der Waals surface area contributed by atoms with Gasteiger partial charge in [0.25, 0.3) is 0 Å². The molecule has 5 atom stereocenters. The summed E-state index contributed by atoms with van der Waals surface area (Å²) in [6.45, 7) is 16.4. The van der Waals surface area contributed by atoms with E-state index >= 15 is 0 Å². The number of aliphatic hydroxyl groups is 1. The lowest BCUT2D eigenvalue weighted by Gasteiger charge is -2.44. The van der Waals surface area contributed by atoms with Crippen LogP contribution in [0, 0.1) is 11.3 Å². The lowest BCUT2D eigenvalue weighted by Crippen LogP contribution is -2.53. The number of nitrogens with zero attached hydrogens (tertiary/aromatic N) is 8. The molecule has 1 aromatic heterocycles. The Labute approximate surface area is 468 Å². The molecular formula is C60H88N12O7. The van der Waals surface area contributed by atoms with Crippen LogP contribution in [0.15, 0.2) is 89.6 Å². The largest absolute Gasteiger partial charge is 0.507 e. The molecule has 1 saturated carbocycles. The number of aromatic nitrogens is 1. The van der Waals surface area contributed by atoms with Crippen molar-refractivity contribution in [2.24, 2.45) is 22.4 Å². The zero-order valence-corrected chi connectivity index (χ0v) is 47.1. The predicted molar refractivity (Wildman–Crippen MR) is 308 cm³/mol. The van der Waals surface area contributed by atoms with Crippen LogP contribution >= 0.6 is 0 Å². The van der Waals surface area contributed by atoms with Gasteiger partial charge in [0, 0.05) is 100 Å². The maximum absolute atomic E-state index is 12.2. The minimum Gasteiger partial charge on any atom is -0.507 e. The van der Waals surface area contributed by atoms with Crippen LogP contribution in [0.1, 0.15) is 140 Å². The van der Waals surface area contributed by atoms with Crippen LogP contribution in [0.2, 0.25) is 0 Å². The average molecular weight is 1090 g/mol. The van der Waals surface area contributed by atoms with Crippen molar-refractivity contribution >= 4 is 29.5 Å². The highest BCUT2D eigenvalue weighted by Crippen LogP contribution is 2.38. The van der Waals surface area contributed by atoms with Gasteiger partial charge in [-0.05, 0) is 126 Å². The number of amides is 2. The Bertz CT molecular complexity index is 2520. The quantitative estimate of drug-likeness (QED) is 0.0686. The summed E-state index contributed by atoms with van der Waals surface area (Å²) in [6.07, 6.45) is 19.7. The van der Waals surface area contributed by atoms with E-state index in [9.17, 15) is 19.8 Å². The van der Waals surface area contributed by atoms with E-state index in [4.69, 9.17) is 36.8 Å². The molecule has 6 fully saturated rings. The number of aliphatic hydroxyl groups excluding tert-OH is 1. The zero-order chi connectivity index (χ0) is 56.3. The number of para-hydroxylation sites is 1. The average Bonchev–Trinajstić information content (AvgIpc) is 4.21. The number of phenolic OH excluding ortho intramolecular Hbond substituents is 1. The highest BCUT2D eigenvalue weighted by Gasteiger charge is 2.41.